The van der Waals surface area contributed by atoms with Crippen molar-refractivity contribution < 1.29 is 42.1 Å². The van der Waals surface area contributed by atoms with E-state index in [4.69, 9.17) is 18.5 Å². The first-order valence-electron chi connectivity index (χ1n) is 24.2. The molecule has 346 valence electrons. The maximum Gasteiger partial charge on any atom is 0.306 e. The lowest BCUT2D eigenvalue weighted by molar-refractivity contribution is -0.870. The summed E-state index contributed by atoms with van der Waals surface area (Å²) in [5.74, 6) is -0.848. The zero-order chi connectivity index (χ0) is 43.6. The van der Waals surface area contributed by atoms with Crippen LogP contribution in [-0.4, -0.2) is 70.0 Å². The summed E-state index contributed by atoms with van der Waals surface area (Å²) < 4.78 is 34.0. The fraction of sp³-hybridized carbons (Fsp3) is 0.837. The first kappa shape index (κ1) is 57.2. The molecule has 2 atom stereocenters. The second-order valence-electron chi connectivity index (χ2n) is 17.5. The lowest BCUT2D eigenvalue weighted by atomic mass is 10.1. The molecule has 0 heterocycles. The number of nitrogens with zero attached hydrogens (tertiary/aromatic N) is 1. The van der Waals surface area contributed by atoms with E-state index in [1.807, 2.05) is 21.1 Å². The standard InChI is InChI=1S/C49H92NO8P/c1-6-8-10-12-14-16-18-20-22-24-25-26-28-29-31-33-35-37-39-41-48(51)55-45-47(46-57-59(53,54)56-44-43-50(3,4)5)58-49(52)42-40-38-36-34-32-30-27-23-21-19-17-15-13-11-9-7-2/h17,19-20,22-23,27,47H,6-16,18,21,24-26,28-46H2,1-5H3/b19-17-,22-20-,27-23-. The molecule has 0 saturated carbocycles. The smallest absolute Gasteiger partial charge is 0.306 e. The maximum atomic E-state index is 12.7. The third-order valence-electron chi connectivity index (χ3n) is 10.4. The van der Waals surface area contributed by atoms with Gasteiger partial charge in [-0.1, -0.05) is 166 Å². The van der Waals surface area contributed by atoms with Crippen molar-refractivity contribution >= 4 is 19.8 Å². The van der Waals surface area contributed by atoms with Gasteiger partial charge >= 0.3 is 11.9 Å². The molecule has 0 aliphatic rings. The number of ether oxygens (including phenoxy) is 2. The molecule has 10 heteroatoms. The van der Waals surface area contributed by atoms with Crippen LogP contribution in [0.25, 0.3) is 0 Å². The van der Waals surface area contributed by atoms with Crippen LogP contribution in [0.1, 0.15) is 213 Å². The summed E-state index contributed by atoms with van der Waals surface area (Å²) in [6, 6.07) is 0. The zero-order valence-electron chi connectivity index (χ0n) is 39.0. The van der Waals surface area contributed by atoms with Crippen molar-refractivity contribution in [1.82, 2.24) is 0 Å². The average Bonchev–Trinajstić information content (AvgIpc) is 3.19. The van der Waals surface area contributed by atoms with Gasteiger partial charge in [0, 0.05) is 12.8 Å². The van der Waals surface area contributed by atoms with Crippen molar-refractivity contribution in [1.29, 1.82) is 0 Å². The first-order valence-corrected chi connectivity index (χ1v) is 25.7. The largest absolute Gasteiger partial charge is 0.756 e. The first-order chi connectivity index (χ1) is 28.5. The Hall–Kier alpha value is -1.77. The predicted molar refractivity (Wildman–Crippen MR) is 245 cm³/mol. The van der Waals surface area contributed by atoms with Crippen LogP contribution in [0.3, 0.4) is 0 Å². The highest BCUT2D eigenvalue weighted by atomic mass is 31.2. The molecule has 0 rings (SSSR count). The highest BCUT2D eigenvalue weighted by Crippen LogP contribution is 2.38. The summed E-state index contributed by atoms with van der Waals surface area (Å²) in [5.41, 5.74) is 0. The van der Waals surface area contributed by atoms with Gasteiger partial charge in [0.2, 0.25) is 0 Å². The lowest BCUT2D eigenvalue weighted by Crippen LogP contribution is -2.37. The minimum Gasteiger partial charge on any atom is -0.756 e. The Morgan fingerprint density at radius 2 is 0.915 bits per heavy atom. The van der Waals surface area contributed by atoms with Gasteiger partial charge in [0.05, 0.1) is 27.7 Å². The molecule has 0 amide bonds. The number of rotatable bonds is 44. The van der Waals surface area contributed by atoms with Crippen LogP contribution in [0, 0.1) is 0 Å². The summed E-state index contributed by atoms with van der Waals surface area (Å²) in [7, 11) is 1.16. The normalized spacial score (nSPS) is 13.8. The fourth-order valence-electron chi connectivity index (χ4n) is 6.56. The van der Waals surface area contributed by atoms with E-state index in [2.05, 4.69) is 50.3 Å². The number of hydrogen-bond donors (Lipinski definition) is 0. The van der Waals surface area contributed by atoms with Crippen LogP contribution < -0.4 is 4.89 Å². The highest BCUT2D eigenvalue weighted by molar-refractivity contribution is 7.45. The number of unbranched alkanes of at least 4 members (excludes halogenated alkanes) is 24. The molecule has 0 N–H and O–H groups in total. The van der Waals surface area contributed by atoms with Gasteiger partial charge in [-0.3, -0.25) is 14.2 Å². The van der Waals surface area contributed by atoms with Crippen LogP contribution in [-0.2, 0) is 32.7 Å². The third-order valence-corrected chi connectivity index (χ3v) is 11.3. The van der Waals surface area contributed by atoms with Gasteiger partial charge in [0.25, 0.3) is 7.82 Å². The molecule has 0 fully saturated rings. The Morgan fingerprint density at radius 1 is 0.525 bits per heavy atom. The van der Waals surface area contributed by atoms with Gasteiger partial charge in [-0.25, -0.2) is 0 Å². The fourth-order valence-corrected chi connectivity index (χ4v) is 7.29. The number of quaternary nitrogens is 1. The van der Waals surface area contributed by atoms with E-state index in [9.17, 15) is 19.0 Å². The lowest BCUT2D eigenvalue weighted by Gasteiger charge is -2.28. The highest BCUT2D eigenvalue weighted by Gasteiger charge is 2.21. The number of carbonyl (C=O) groups excluding carboxylic acids is 2. The van der Waals surface area contributed by atoms with Crippen LogP contribution in [0.4, 0.5) is 0 Å². The molecule has 0 radical (unpaired) electrons. The number of likely N-dealkylation sites (N-methyl/N-ethyl adjacent to an activating group) is 1. The summed E-state index contributed by atoms with van der Waals surface area (Å²) >= 11 is 0. The van der Waals surface area contributed by atoms with Gasteiger partial charge in [-0.15, -0.1) is 0 Å². The summed E-state index contributed by atoms with van der Waals surface area (Å²) in [4.78, 5) is 37.6. The van der Waals surface area contributed by atoms with Crippen molar-refractivity contribution in [3.8, 4) is 0 Å². The van der Waals surface area contributed by atoms with Gasteiger partial charge in [0.1, 0.15) is 19.8 Å². The van der Waals surface area contributed by atoms with E-state index < -0.39 is 26.5 Å². The minimum absolute atomic E-state index is 0.0339. The van der Waals surface area contributed by atoms with E-state index in [1.165, 1.54) is 122 Å². The van der Waals surface area contributed by atoms with E-state index in [0.29, 0.717) is 17.4 Å². The molecule has 2 unspecified atom stereocenters. The van der Waals surface area contributed by atoms with Crippen LogP contribution >= 0.6 is 7.82 Å². The molecule has 0 bridgehead atoms. The number of carbonyl (C=O) groups is 2. The van der Waals surface area contributed by atoms with Gasteiger partial charge in [0.15, 0.2) is 6.10 Å². The van der Waals surface area contributed by atoms with Gasteiger partial charge < -0.3 is 27.9 Å². The van der Waals surface area contributed by atoms with Gasteiger partial charge in [-0.05, 0) is 70.6 Å². The number of phosphoric acid groups is 1. The maximum absolute atomic E-state index is 12.7. The molecule has 0 aromatic heterocycles. The second kappa shape index (κ2) is 41.6. The number of hydrogen-bond acceptors (Lipinski definition) is 8. The third kappa shape index (κ3) is 45.6. The van der Waals surface area contributed by atoms with Gasteiger partial charge in [-0.2, -0.15) is 0 Å². The van der Waals surface area contributed by atoms with Crippen LogP contribution in [0.15, 0.2) is 36.5 Å². The number of phosphoric ester groups is 1. The summed E-state index contributed by atoms with van der Waals surface area (Å²) in [5, 5.41) is 0. The molecular weight excluding hydrogens is 762 g/mol. The second-order valence-corrected chi connectivity index (χ2v) is 18.9. The summed E-state index contributed by atoms with van der Waals surface area (Å²) in [6.07, 6.45) is 47.4. The molecule has 0 aliphatic heterocycles. The average molecular weight is 854 g/mol. The van der Waals surface area contributed by atoms with Crippen molar-refractivity contribution in [2.45, 2.75) is 219 Å². The van der Waals surface area contributed by atoms with Crippen molar-refractivity contribution in [3.63, 3.8) is 0 Å². The van der Waals surface area contributed by atoms with Crippen LogP contribution in [0.2, 0.25) is 0 Å². The molecule has 0 spiro atoms. The molecule has 0 saturated heterocycles. The number of allylic oxidation sites excluding steroid dienone is 6. The topological polar surface area (TPSA) is 111 Å². The zero-order valence-corrected chi connectivity index (χ0v) is 39.8. The summed E-state index contributed by atoms with van der Waals surface area (Å²) in [6.45, 7) is 4.20. The Labute approximate surface area is 363 Å². The molecule has 59 heavy (non-hydrogen) atoms. The molecule has 0 aromatic carbocycles. The van der Waals surface area contributed by atoms with Crippen molar-refractivity contribution in [2.75, 3.05) is 47.5 Å². The van der Waals surface area contributed by atoms with E-state index >= 15 is 0 Å². The SMILES string of the molecule is CCCCCC/C=C\C/C=C\CCCCCCCC(=O)OC(COC(=O)CCCCCCCCCCC/C=C\CCCCCCCC)COP(=O)([O-])OCC[N+](C)(C)C. The van der Waals surface area contributed by atoms with E-state index in [1.54, 1.807) is 0 Å². The predicted octanol–water partition coefficient (Wildman–Crippen LogP) is 13.5. The minimum atomic E-state index is -4.63. The molecule has 0 aliphatic carbocycles. The van der Waals surface area contributed by atoms with E-state index in [0.717, 1.165) is 57.8 Å². The van der Waals surface area contributed by atoms with E-state index in [-0.39, 0.29) is 32.0 Å². The Kier molecular flexibility index (Phi) is 40.3. The Balaban J connectivity index is 4.30. The monoisotopic (exact) mass is 854 g/mol. The molecule has 9 nitrogen and oxygen atoms in total. The Morgan fingerprint density at radius 3 is 1.37 bits per heavy atom. The quantitative estimate of drug-likeness (QED) is 0.0196. The number of esters is 2. The van der Waals surface area contributed by atoms with Crippen molar-refractivity contribution in [2.24, 2.45) is 0 Å². The van der Waals surface area contributed by atoms with Crippen molar-refractivity contribution in [3.05, 3.63) is 36.5 Å². The van der Waals surface area contributed by atoms with Crippen LogP contribution in [0.5, 0.6) is 0 Å². The Bertz CT molecular complexity index is 1100. The molecular formula is C49H92NO8P. The molecule has 0 aromatic rings.